The van der Waals surface area contributed by atoms with Crippen LogP contribution in [0.3, 0.4) is 0 Å². The van der Waals surface area contributed by atoms with Crippen molar-refractivity contribution in [2.45, 2.75) is 0 Å². The molecular formula is C8H6IN. The average Bonchev–Trinajstić information content (AvgIpc) is 2.27. The predicted octanol–water partition coefficient (Wildman–Crippen LogP) is 2.54. The van der Waals surface area contributed by atoms with Gasteiger partial charge in [0.05, 0.1) is 0 Å². The highest BCUT2D eigenvalue weighted by Gasteiger charge is 1.91. The van der Waals surface area contributed by atoms with Crippen LogP contribution in [0.15, 0.2) is 36.7 Å². The molecule has 0 aliphatic rings. The molecule has 2 aromatic rings. The summed E-state index contributed by atoms with van der Waals surface area (Å²) in [6, 6.07) is 8.33. The Bertz CT molecular complexity index is 318. The molecule has 0 unspecified atom stereocenters. The normalized spacial score (nSPS) is 10.5. The van der Waals surface area contributed by atoms with Gasteiger partial charge in [0.1, 0.15) is 0 Å². The minimum atomic E-state index is 1.26. The monoisotopic (exact) mass is 243 g/mol. The van der Waals surface area contributed by atoms with Crippen LogP contribution in [0.2, 0.25) is 0 Å². The van der Waals surface area contributed by atoms with Crippen LogP contribution in [0.4, 0.5) is 0 Å². The largest absolute Gasteiger partial charge is 0.323 e. The minimum Gasteiger partial charge on any atom is -0.323 e. The van der Waals surface area contributed by atoms with Crippen LogP contribution in [0.5, 0.6) is 0 Å². The van der Waals surface area contributed by atoms with Crippen molar-refractivity contribution in [1.29, 1.82) is 0 Å². The van der Waals surface area contributed by atoms with E-state index in [-0.39, 0.29) is 0 Å². The van der Waals surface area contributed by atoms with Gasteiger partial charge in [-0.3, -0.25) is 0 Å². The molecular weight excluding hydrogens is 237 g/mol. The van der Waals surface area contributed by atoms with Crippen molar-refractivity contribution in [2.24, 2.45) is 0 Å². The Labute approximate surface area is 72.8 Å². The summed E-state index contributed by atoms with van der Waals surface area (Å²) in [6.45, 7) is 0. The molecule has 0 aliphatic heterocycles. The van der Waals surface area contributed by atoms with Crippen molar-refractivity contribution < 1.29 is 0 Å². The summed E-state index contributed by atoms with van der Waals surface area (Å²) in [5.41, 5.74) is 1.26. The molecule has 0 atom stereocenters. The maximum Gasteiger partial charge on any atom is 0.0460 e. The predicted molar refractivity (Wildman–Crippen MR) is 50.1 cm³/mol. The molecule has 0 fully saturated rings. The van der Waals surface area contributed by atoms with Crippen molar-refractivity contribution in [3.8, 4) is 0 Å². The maximum atomic E-state index is 2.31. The molecule has 0 aromatic carbocycles. The van der Waals surface area contributed by atoms with Gasteiger partial charge in [0, 0.05) is 21.5 Å². The van der Waals surface area contributed by atoms with E-state index in [1.54, 1.807) is 0 Å². The summed E-state index contributed by atoms with van der Waals surface area (Å²) < 4.78 is 3.39. The van der Waals surface area contributed by atoms with Gasteiger partial charge in [-0.25, -0.2) is 0 Å². The third-order valence-corrected chi connectivity index (χ3v) is 2.06. The van der Waals surface area contributed by atoms with Crippen molar-refractivity contribution in [1.82, 2.24) is 4.40 Å². The summed E-state index contributed by atoms with van der Waals surface area (Å²) in [4.78, 5) is 0. The first-order valence-corrected chi connectivity index (χ1v) is 4.16. The Morgan fingerprint density at radius 1 is 1.30 bits per heavy atom. The van der Waals surface area contributed by atoms with Crippen molar-refractivity contribution in [3.63, 3.8) is 0 Å². The first-order chi connectivity index (χ1) is 4.86. The third kappa shape index (κ3) is 0.923. The first-order valence-electron chi connectivity index (χ1n) is 3.08. The van der Waals surface area contributed by atoms with Gasteiger partial charge >= 0.3 is 0 Å². The highest BCUT2D eigenvalue weighted by molar-refractivity contribution is 14.1. The molecule has 2 heterocycles. The number of nitrogens with zero attached hydrogens (tertiary/aromatic N) is 1. The van der Waals surface area contributed by atoms with Gasteiger partial charge in [-0.05, 0) is 40.8 Å². The van der Waals surface area contributed by atoms with Crippen LogP contribution in [-0.2, 0) is 0 Å². The topological polar surface area (TPSA) is 4.41 Å². The van der Waals surface area contributed by atoms with Gasteiger partial charge in [0.15, 0.2) is 0 Å². The molecule has 0 radical (unpaired) electrons. The van der Waals surface area contributed by atoms with Crippen LogP contribution in [0.25, 0.3) is 5.52 Å². The van der Waals surface area contributed by atoms with Crippen LogP contribution in [-0.4, -0.2) is 4.40 Å². The van der Waals surface area contributed by atoms with Crippen molar-refractivity contribution >= 4 is 28.1 Å². The summed E-state index contributed by atoms with van der Waals surface area (Å²) in [7, 11) is 0. The van der Waals surface area contributed by atoms with Gasteiger partial charge in [0.2, 0.25) is 0 Å². The third-order valence-electron chi connectivity index (χ3n) is 1.47. The van der Waals surface area contributed by atoms with E-state index in [2.05, 4.69) is 51.5 Å². The van der Waals surface area contributed by atoms with E-state index in [1.165, 1.54) is 9.09 Å². The van der Waals surface area contributed by atoms with Crippen LogP contribution < -0.4 is 0 Å². The van der Waals surface area contributed by atoms with Gasteiger partial charge < -0.3 is 4.40 Å². The fraction of sp³-hybridized carbons (Fsp3) is 0. The molecule has 2 heteroatoms. The molecule has 0 aliphatic carbocycles. The Balaban J connectivity index is 2.88. The lowest BCUT2D eigenvalue weighted by atomic mass is 10.4. The summed E-state index contributed by atoms with van der Waals surface area (Å²) in [5.74, 6) is 0. The quantitative estimate of drug-likeness (QED) is 0.626. The highest BCUT2D eigenvalue weighted by Crippen LogP contribution is 2.10. The van der Waals surface area contributed by atoms with Crippen LogP contribution in [0.1, 0.15) is 0 Å². The second-order valence-corrected chi connectivity index (χ2v) is 3.44. The smallest absolute Gasteiger partial charge is 0.0460 e. The Morgan fingerprint density at radius 2 is 2.20 bits per heavy atom. The zero-order chi connectivity index (χ0) is 6.97. The second-order valence-electron chi connectivity index (χ2n) is 2.19. The van der Waals surface area contributed by atoms with Crippen molar-refractivity contribution in [2.75, 3.05) is 0 Å². The molecule has 2 aromatic heterocycles. The molecule has 0 amide bonds. The first kappa shape index (κ1) is 6.22. The number of hydrogen-bond donors (Lipinski definition) is 0. The van der Waals surface area contributed by atoms with E-state index in [0.29, 0.717) is 0 Å². The molecule has 2 rings (SSSR count). The highest BCUT2D eigenvalue weighted by atomic mass is 127. The second kappa shape index (κ2) is 2.27. The lowest BCUT2D eigenvalue weighted by Gasteiger charge is -1.88. The van der Waals surface area contributed by atoms with Gasteiger partial charge in [-0.1, -0.05) is 6.07 Å². The lowest BCUT2D eigenvalue weighted by molar-refractivity contribution is 1.20. The molecule has 0 N–H and O–H groups in total. The molecule has 10 heavy (non-hydrogen) atoms. The Hall–Kier alpha value is -0.510. The molecule has 1 nitrogen and oxygen atoms in total. The van der Waals surface area contributed by atoms with E-state index in [1.807, 2.05) is 12.1 Å². The zero-order valence-electron chi connectivity index (χ0n) is 5.29. The number of pyridine rings is 1. The molecule has 0 saturated heterocycles. The maximum absolute atomic E-state index is 2.31. The summed E-state index contributed by atoms with van der Waals surface area (Å²) in [5, 5.41) is 0. The number of halogens is 1. The van der Waals surface area contributed by atoms with E-state index in [4.69, 9.17) is 0 Å². The Kier molecular flexibility index (Phi) is 1.41. The lowest BCUT2D eigenvalue weighted by Crippen LogP contribution is -1.75. The van der Waals surface area contributed by atoms with Gasteiger partial charge in [-0.2, -0.15) is 0 Å². The Morgan fingerprint density at radius 3 is 3.00 bits per heavy atom. The summed E-state index contributed by atoms with van der Waals surface area (Å²) >= 11 is 2.31. The zero-order valence-corrected chi connectivity index (χ0v) is 7.45. The summed E-state index contributed by atoms with van der Waals surface area (Å²) in [6.07, 6.45) is 4.16. The van der Waals surface area contributed by atoms with Crippen LogP contribution in [0, 0.1) is 3.57 Å². The molecule has 0 bridgehead atoms. The number of hydrogen-bond acceptors (Lipinski definition) is 0. The minimum absolute atomic E-state index is 1.26. The number of aromatic nitrogens is 1. The van der Waals surface area contributed by atoms with E-state index < -0.39 is 0 Å². The standard InChI is InChI=1S/C8H6IN/c9-7-5-8-3-1-2-4-10(8)6-7/h1-6H. The fourth-order valence-corrected chi connectivity index (χ4v) is 1.64. The molecule has 0 spiro atoms. The van der Waals surface area contributed by atoms with Gasteiger partial charge in [0.25, 0.3) is 0 Å². The fourth-order valence-electron chi connectivity index (χ4n) is 1.02. The SMILES string of the molecule is Ic1cc2ccccn2c1. The molecule has 0 saturated carbocycles. The van der Waals surface area contributed by atoms with E-state index in [0.717, 1.165) is 0 Å². The number of rotatable bonds is 0. The van der Waals surface area contributed by atoms with Gasteiger partial charge in [-0.15, -0.1) is 0 Å². The van der Waals surface area contributed by atoms with Crippen LogP contribution >= 0.6 is 22.6 Å². The van der Waals surface area contributed by atoms with Crippen molar-refractivity contribution in [3.05, 3.63) is 40.2 Å². The number of fused-ring (bicyclic) bond motifs is 1. The van der Waals surface area contributed by atoms with E-state index in [9.17, 15) is 0 Å². The average molecular weight is 243 g/mol. The van der Waals surface area contributed by atoms with E-state index >= 15 is 0 Å². The molecule has 50 valence electrons.